The summed E-state index contributed by atoms with van der Waals surface area (Å²) < 4.78 is 0. The SMILES string of the molecule is CC(=O)Nc1ccc(-c2cc3cc(CC(=O)[C@@H]4CCCN4C(=O)[C@@H](c4ccccc4)N4CCCC4)ccc3[nH]2)cc1. The van der Waals surface area contributed by atoms with E-state index >= 15 is 0 Å². The van der Waals surface area contributed by atoms with Gasteiger partial charge in [0.1, 0.15) is 6.04 Å². The Morgan fingerprint density at radius 2 is 1.66 bits per heavy atom. The summed E-state index contributed by atoms with van der Waals surface area (Å²) in [6.07, 6.45) is 4.08. The summed E-state index contributed by atoms with van der Waals surface area (Å²) in [4.78, 5) is 46.5. The number of Topliss-reactive ketones (excluding diaryl/α,β-unsaturated/α-hetero) is 1. The van der Waals surface area contributed by atoms with Crippen LogP contribution in [0.1, 0.15) is 49.8 Å². The highest BCUT2D eigenvalue weighted by molar-refractivity contribution is 5.94. The molecule has 7 heteroatoms. The fourth-order valence-electron chi connectivity index (χ4n) is 6.37. The summed E-state index contributed by atoms with van der Waals surface area (Å²) >= 11 is 0. The van der Waals surface area contributed by atoms with Gasteiger partial charge < -0.3 is 15.2 Å². The van der Waals surface area contributed by atoms with E-state index < -0.39 is 0 Å². The topological polar surface area (TPSA) is 85.5 Å². The van der Waals surface area contributed by atoms with Gasteiger partial charge in [-0.05, 0) is 85.8 Å². The van der Waals surface area contributed by atoms with E-state index in [0.717, 1.165) is 77.7 Å². The Bertz CT molecular complexity index is 1550. The quantitative estimate of drug-likeness (QED) is 0.294. The van der Waals surface area contributed by atoms with Crippen molar-refractivity contribution in [3.63, 3.8) is 0 Å². The third-order valence-electron chi connectivity index (χ3n) is 8.34. The van der Waals surface area contributed by atoms with Crippen molar-refractivity contribution in [3.05, 3.63) is 90.0 Å². The number of hydrogen-bond acceptors (Lipinski definition) is 4. The van der Waals surface area contributed by atoms with E-state index in [1.165, 1.54) is 6.92 Å². The lowest BCUT2D eigenvalue weighted by Crippen LogP contribution is -2.47. The van der Waals surface area contributed by atoms with E-state index in [1.807, 2.05) is 71.6 Å². The van der Waals surface area contributed by atoms with Gasteiger partial charge in [-0.1, -0.05) is 48.5 Å². The van der Waals surface area contributed by atoms with Crippen LogP contribution >= 0.6 is 0 Å². The average Bonchev–Trinajstić information content (AvgIpc) is 3.75. The van der Waals surface area contributed by atoms with Gasteiger partial charge in [0.2, 0.25) is 11.8 Å². The maximum atomic E-state index is 14.0. The number of carbonyl (C=O) groups is 3. The second-order valence-electron chi connectivity index (χ2n) is 11.3. The number of likely N-dealkylation sites (tertiary alicyclic amines) is 2. The molecule has 0 saturated carbocycles. The summed E-state index contributed by atoms with van der Waals surface area (Å²) in [7, 11) is 0. The molecule has 2 saturated heterocycles. The Morgan fingerprint density at radius 1 is 0.902 bits per heavy atom. The van der Waals surface area contributed by atoms with Crippen molar-refractivity contribution < 1.29 is 14.4 Å². The number of nitrogens with zero attached hydrogens (tertiary/aromatic N) is 2. The first-order chi connectivity index (χ1) is 20.0. The van der Waals surface area contributed by atoms with Crippen LogP contribution in [0, 0.1) is 0 Å². The van der Waals surface area contributed by atoms with Crippen LogP contribution in [0.5, 0.6) is 0 Å². The molecule has 6 rings (SSSR count). The lowest BCUT2D eigenvalue weighted by Gasteiger charge is -2.33. The molecule has 3 aromatic carbocycles. The fraction of sp³-hybridized carbons (Fsp3) is 0.324. The lowest BCUT2D eigenvalue weighted by molar-refractivity contribution is -0.142. The van der Waals surface area contributed by atoms with Gasteiger partial charge in [-0.3, -0.25) is 19.3 Å². The number of fused-ring (bicyclic) bond motifs is 1. The monoisotopic (exact) mass is 548 g/mol. The number of amides is 2. The number of ketones is 1. The predicted octanol–water partition coefficient (Wildman–Crippen LogP) is 5.73. The fourth-order valence-corrected chi connectivity index (χ4v) is 6.37. The summed E-state index contributed by atoms with van der Waals surface area (Å²) in [5.74, 6) is 0.0649. The van der Waals surface area contributed by atoms with Crippen LogP contribution in [-0.2, 0) is 20.8 Å². The van der Waals surface area contributed by atoms with Crippen molar-refractivity contribution in [1.29, 1.82) is 0 Å². The molecular weight excluding hydrogens is 512 g/mol. The summed E-state index contributed by atoms with van der Waals surface area (Å²) in [6, 6.07) is 25.2. The van der Waals surface area contributed by atoms with E-state index in [9.17, 15) is 14.4 Å². The summed E-state index contributed by atoms with van der Waals surface area (Å²) in [5, 5.41) is 3.83. The molecule has 3 heterocycles. The van der Waals surface area contributed by atoms with Gasteiger partial charge in [-0.2, -0.15) is 0 Å². The number of H-pyrrole nitrogens is 1. The highest BCUT2D eigenvalue weighted by Crippen LogP contribution is 2.31. The van der Waals surface area contributed by atoms with E-state index in [4.69, 9.17) is 0 Å². The number of aromatic amines is 1. The molecule has 0 radical (unpaired) electrons. The Morgan fingerprint density at radius 3 is 2.39 bits per heavy atom. The van der Waals surface area contributed by atoms with E-state index in [0.29, 0.717) is 13.0 Å². The van der Waals surface area contributed by atoms with Crippen molar-refractivity contribution in [2.75, 3.05) is 25.0 Å². The first kappa shape index (κ1) is 27.0. The van der Waals surface area contributed by atoms with Crippen LogP contribution in [0.25, 0.3) is 22.2 Å². The number of nitrogens with one attached hydrogen (secondary N) is 2. The summed E-state index contributed by atoms with van der Waals surface area (Å²) in [6.45, 7) is 3.95. The molecule has 2 aliphatic rings. The first-order valence-electron chi connectivity index (χ1n) is 14.6. The van der Waals surface area contributed by atoms with Gasteiger partial charge in [0, 0.05) is 42.2 Å². The molecule has 2 fully saturated rings. The van der Waals surface area contributed by atoms with Crippen molar-refractivity contribution in [2.24, 2.45) is 0 Å². The standard InChI is InChI=1S/C34H36N4O3/c1-23(39)35-28-14-12-25(13-15-28)30-22-27-20-24(11-16-29(27)36-30)21-32(40)31-10-7-19-38(31)34(41)33(37-17-5-6-18-37)26-8-3-2-4-9-26/h2-4,8-9,11-16,20,22,31,33,36H,5-7,10,17-19,21H2,1H3,(H,35,39)/t31-,33+/m0/s1. The molecule has 1 aromatic heterocycles. The van der Waals surface area contributed by atoms with Crippen LogP contribution in [-0.4, -0.2) is 58.1 Å². The van der Waals surface area contributed by atoms with E-state index in [-0.39, 0.29) is 29.7 Å². The third-order valence-corrected chi connectivity index (χ3v) is 8.34. The molecule has 2 atom stereocenters. The van der Waals surface area contributed by atoms with Gasteiger partial charge in [0.25, 0.3) is 0 Å². The first-order valence-corrected chi connectivity index (χ1v) is 14.6. The zero-order chi connectivity index (χ0) is 28.3. The number of benzene rings is 3. The zero-order valence-corrected chi connectivity index (χ0v) is 23.4. The number of anilines is 1. The second-order valence-corrected chi connectivity index (χ2v) is 11.3. The van der Waals surface area contributed by atoms with Crippen LogP contribution in [0.15, 0.2) is 78.9 Å². The molecule has 2 amide bonds. The Balaban J connectivity index is 1.18. The lowest BCUT2D eigenvalue weighted by atomic mass is 9.99. The van der Waals surface area contributed by atoms with Crippen LogP contribution < -0.4 is 5.32 Å². The minimum Gasteiger partial charge on any atom is -0.355 e. The smallest absolute Gasteiger partial charge is 0.245 e. The number of rotatable bonds is 8. The highest BCUT2D eigenvalue weighted by Gasteiger charge is 2.40. The van der Waals surface area contributed by atoms with Crippen LogP contribution in [0.3, 0.4) is 0 Å². The van der Waals surface area contributed by atoms with Gasteiger partial charge >= 0.3 is 0 Å². The maximum absolute atomic E-state index is 14.0. The maximum Gasteiger partial charge on any atom is 0.245 e. The van der Waals surface area contributed by atoms with Crippen molar-refractivity contribution in [3.8, 4) is 11.3 Å². The molecule has 2 aliphatic heterocycles. The highest BCUT2D eigenvalue weighted by atomic mass is 16.2. The largest absolute Gasteiger partial charge is 0.355 e. The van der Waals surface area contributed by atoms with E-state index in [2.05, 4.69) is 27.3 Å². The predicted molar refractivity (Wildman–Crippen MR) is 161 cm³/mol. The number of aromatic nitrogens is 1. The Labute approximate surface area is 240 Å². The Kier molecular flexibility index (Phi) is 7.70. The van der Waals surface area contributed by atoms with Crippen molar-refractivity contribution in [1.82, 2.24) is 14.8 Å². The van der Waals surface area contributed by atoms with Crippen LogP contribution in [0.2, 0.25) is 0 Å². The molecule has 41 heavy (non-hydrogen) atoms. The Hall–Kier alpha value is -4.23. The van der Waals surface area contributed by atoms with Gasteiger partial charge in [0.05, 0.1) is 6.04 Å². The minimum atomic E-state index is -0.379. The van der Waals surface area contributed by atoms with E-state index in [1.54, 1.807) is 0 Å². The molecule has 210 valence electrons. The molecule has 0 spiro atoms. The second kappa shape index (κ2) is 11.7. The number of hydrogen-bond donors (Lipinski definition) is 2. The van der Waals surface area contributed by atoms with Gasteiger partial charge in [0.15, 0.2) is 5.78 Å². The van der Waals surface area contributed by atoms with Gasteiger partial charge in [-0.15, -0.1) is 0 Å². The minimum absolute atomic E-state index is 0.0594. The zero-order valence-electron chi connectivity index (χ0n) is 23.4. The van der Waals surface area contributed by atoms with Crippen LogP contribution in [0.4, 0.5) is 5.69 Å². The molecule has 7 nitrogen and oxygen atoms in total. The molecule has 0 unspecified atom stereocenters. The number of carbonyl (C=O) groups excluding carboxylic acids is 3. The molecule has 0 bridgehead atoms. The molecule has 2 N–H and O–H groups in total. The van der Waals surface area contributed by atoms with Gasteiger partial charge in [-0.25, -0.2) is 0 Å². The van der Waals surface area contributed by atoms with Crippen molar-refractivity contribution >= 4 is 34.2 Å². The average molecular weight is 549 g/mol. The molecule has 0 aliphatic carbocycles. The van der Waals surface area contributed by atoms with Crippen molar-refractivity contribution in [2.45, 2.75) is 51.1 Å². The molecular formula is C34H36N4O3. The molecule has 4 aromatic rings. The normalized spacial score (nSPS) is 18.1. The third kappa shape index (κ3) is 5.81. The summed E-state index contributed by atoms with van der Waals surface area (Å²) in [5.41, 5.74) is 5.70.